The number of carbonyl (C=O) groups is 2. The highest BCUT2D eigenvalue weighted by Crippen LogP contribution is 2.34. The lowest BCUT2D eigenvalue weighted by Crippen LogP contribution is -2.55. The highest BCUT2D eigenvalue weighted by atomic mass is 16.5. The van der Waals surface area contributed by atoms with Crippen molar-refractivity contribution in [2.45, 2.75) is 51.0 Å². The Bertz CT molecular complexity index is 681. The van der Waals surface area contributed by atoms with Crippen molar-refractivity contribution in [3.8, 4) is 5.75 Å². The van der Waals surface area contributed by atoms with Crippen molar-refractivity contribution in [2.75, 3.05) is 25.5 Å². The number of hydrogen-bond donors (Lipinski definition) is 2. The van der Waals surface area contributed by atoms with Gasteiger partial charge in [0.15, 0.2) is 0 Å². The van der Waals surface area contributed by atoms with Gasteiger partial charge in [0.05, 0.1) is 18.7 Å². The maximum atomic E-state index is 12.9. The van der Waals surface area contributed by atoms with Crippen LogP contribution in [0.15, 0.2) is 24.3 Å². The molecule has 2 unspecified atom stereocenters. The quantitative estimate of drug-likeness (QED) is 0.850. The molecule has 2 amide bonds. The molecule has 0 spiro atoms. The van der Waals surface area contributed by atoms with Crippen LogP contribution in [0.1, 0.15) is 45.4 Å². The number of ether oxygens (including phenoxy) is 1. The lowest BCUT2D eigenvalue weighted by molar-refractivity contribution is -0.141. The number of piperidine rings is 1. The molecule has 3 rings (SSSR count). The molecule has 6 nitrogen and oxygen atoms in total. The third kappa shape index (κ3) is 4.43. The predicted molar refractivity (Wildman–Crippen MR) is 105 cm³/mol. The lowest BCUT2D eigenvalue weighted by Gasteiger charge is -2.41. The van der Waals surface area contributed by atoms with E-state index in [0.29, 0.717) is 37.4 Å². The second-order valence-electron chi connectivity index (χ2n) is 8.09. The molecular weight excluding hydrogens is 342 g/mol. The van der Waals surface area contributed by atoms with Gasteiger partial charge in [-0.2, -0.15) is 0 Å². The second kappa shape index (κ2) is 8.30. The van der Waals surface area contributed by atoms with Gasteiger partial charge in [0.2, 0.25) is 11.8 Å². The summed E-state index contributed by atoms with van der Waals surface area (Å²) in [5.74, 6) is 0.633. The number of nitrogens with one attached hydrogen (secondary N) is 1. The van der Waals surface area contributed by atoms with Crippen molar-refractivity contribution >= 4 is 17.5 Å². The van der Waals surface area contributed by atoms with E-state index < -0.39 is 5.54 Å². The minimum absolute atomic E-state index is 0.00655. The molecule has 0 bridgehead atoms. The van der Waals surface area contributed by atoms with Gasteiger partial charge in [0, 0.05) is 24.5 Å². The van der Waals surface area contributed by atoms with Gasteiger partial charge in [0.1, 0.15) is 5.75 Å². The molecule has 1 aromatic carbocycles. The van der Waals surface area contributed by atoms with Crippen LogP contribution in [-0.4, -0.2) is 42.5 Å². The van der Waals surface area contributed by atoms with Crippen LogP contribution in [0.4, 0.5) is 5.69 Å². The highest BCUT2D eigenvalue weighted by Gasteiger charge is 2.40. The number of methoxy groups -OCH3 is 1. The van der Waals surface area contributed by atoms with Crippen LogP contribution >= 0.6 is 0 Å². The largest absolute Gasteiger partial charge is 0.495 e. The first-order valence-electron chi connectivity index (χ1n) is 9.94. The summed E-state index contributed by atoms with van der Waals surface area (Å²) in [6, 6.07) is 7.40. The number of hydrogen-bond acceptors (Lipinski definition) is 4. The number of para-hydroxylation sites is 2. The Balaban J connectivity index is 1.55. The number of benzene rings is 1. The molecule has 1 aromatic rings. The van der Waals surface area contributed by atoms with Gasteiger partial charge in [-0.25, -0.2) is 0 Å². The SMILES string of the molecule is COc1ccccc1NC(=O)C1CCN(C(=O)C2CCCCC2(C)N)CC1. The van der Waals surface area contributed by atoms with E-state index in [0.717, 1.165) is 25.7 Å². The molecule has 1 saturated heterocycles. The van der Waals surface area contributed by atoms with Crippen LogP contribution in [0, 0.1) is 11.8 Å². The number of nitrogens with zero attached hydrogens (tertiary/aromatic N) is 1. The van der Waals surface area contributed by atoms with Crippen LogP contribution in [0.3, 0.4) is 0 Å². The summed E-state index contributed by atoms with van der Waals surface area (Å²) < 4.78 is 5.29. The van der Waals surface area contributed by atoms with Gasteiger partial charge in [-0.1, -0.05) is 25.0 Å². The summed E-state index contributed by atoms with van der Waals surface area (Å²) in [6.07, 6.45) is 5.31. The fraction of sp³-hybridized carbons (Fsp3) is 0.619. The maximum Gasteiger partial charge on any atom is 0.227 e. The standard InChI is InChI=1S/C21H31N3O3/c1-21(22)12-6-5-7-16(21)20(26)24-13-10-15(11-14-24)19(25)23-17-8-3-4-9-18(17)27-2/h3-4,8-9,15-16H,5-7,10-14,22H2,1-2H3,(H,23,25). The van der Waals surface area contributed by atoms with Crippen molar-refractivity contribution in [3.63, 3.8) is 0 Å². The van der Waals surface area contributed by atoms with Crippen molar-refractivity contribution in [2.24, 2.45) is 17.6 Å². The van der Waals surface area contributed by atoms with Crippen molar-refractivity contribution in [1.82, 2.24) is 4.90 Å². The number of likely N-dealkylation sites (tertiary alicyclic amines) is 1. The molecule has 0 aromatic heterocycles. The molecule has 0 radical (unpaired) electrons. The predicted octanol–water partition coefficient (Wildman–Crippen LogP) is 2.78. The first kappa shape index (κ1) is 19.7. The Morgan fingerprint density at radius 3 is 2.56 bits per heavy atom. The third-order valence-electron chi connectivity index (χ3n) is 6.09. The van der Waals surface area contributed by atoms with Gasteiger partial charge < -0.3 is 20.7 Å². The normalized spacial score (nSPS) is 26.5. The van der Waals surface area contributed by atoms with E-state index in [-0.39, 0.29) is 23.7 Å². The first-order valence-corrected chi connectivity index (χ1v) is 9.94. The molecule has 1 saturated carbocycles. The number of nitrogens with two attached hydrogens (primary N) is 1. The monoisotopic (exact) mass is 373 g/mol. The van der Waals surface area contributed by atoms with E-state index in [4.69, 9.17) is 10.5 Å². The summed E-state index contributed by atoms with van der Waals surface area (Å²) in [6.45, 7) is 3.24. The summed E-state index contributed by atoms with van der Waals surface area (Å²) in [5.41, 5.74) is 6.67. The van der Waals surface area contributed by atoms with Crippen LogP contribution in [0.5, 0.6) is 5.75 Å². The van der Waals surface area contributed by atoms with Crippen LogP contribution < -0.4 is 15.8 Å². The molecule has 6 heteroatoms. The van der Waals surface area contributed by atoms with E-state index >= 15 is 0 Å². The average molecular weight is 373 g/mol. The Morgan fingerprint density at radius 1 is 1.19 bits per heavy atom. The first-order chi connectivity index (χ1) is 12.9. The van der Waals surface area contributed by atoms with Crippen LogP contribution in [0.2, 0.25) is 0 Å². The topological polar surface area (TPSA) is 84.7 Å². The summed E-state index contributed by atoms with van der Waals surface area (Å²) in [4.78, 5) is 27.5. The van der Waals surface area contributed by atoms with E-state index in [2.05, 4.69) is 5.32 Å². The van der Waals surface area contributed by atoms with Crippen molar-refractivity contribution < 1.29 is 14.3 Å². The van der Waals surface area contributed by atoms with E-state index in [1.807, 2.05) is 36.1 Å². The fourth-order valence-corrected chi connectivity index (χ4v) is 4.33. The van der Waals surface area contributed by atoms with E-state index in [1.54, 1.807) is 7.11 Å². The second-order valence-corrected chi connectivity index (χ2v) is 8.09. The Hall–Kier alpha value is -2.08. The Morgan fingerprint density at radius 2 is 1.89 bits per heavy atom. The fourth-order valence-electron chi connectivity index (χ4n) is 4.33. The molecule has 1 heterocycles. The highest BCUT2D eigenvalue weighted by molar-refractivity contribution is 5.94. The van der Waals surface area contributed by atoms with Crippen LogP contribution in [0.25, 0.3) is 0 Å². The minimum Gasteiger partial charge on any atom is -0.495 e. The van der Waals surface area contributed by atoms with Crippen molar-refractivity contribution in [1.29, 1.82) is 0 Å². The number of anilines is 1. The zero-order valence-electron chi connectivity index (χ0n) is 16.4. The zero-order chi connectivity index (χ0) is 19.4. The lowest BCUT2D eigenvalue weighted by atomic mass is 9.73. The molecule has 148 valence electrons. The maximum absolute atomic E-state index is 12.9. The van der Waals surface area contributed by atoms with Gasteiger partial charge in [0.25, 0.3) is 0 Å². The summed E-state index contributed by atoms with van der Waals surface area (Å²) >= 11 is 0. The number of rotatable bonds is 4. The molecule has 2 aliphatic rings. The van der Waals surface area contributed by atoms with Gasteiger partial charge in [-0.3, -0.25) is 9.59 Å². The zero-order valence-corrected chi connectivity index (χ0v) is 16.4. The molecule has 2 fully saturated rings. The van der Waals surface area contributed by atoms with E-state index in [1.165, 1.54) is 0 Å². The van der Waals surface area contributed by atoms with Crippen molar-refractivity contribution in [3.05, 3.63) is 24.3 Å². The number of carbonyl (C=O) groups excluding carboxylic acids is 2. The van der Waals surface area contributed by atoms with E-state index in [9.17, 15) is 9.59 Å². The summed E-state index contributed by atoms with van der Waals surface area (Å²) in [5, 5.41) is 2.96. The number of amides is 2. The third-order valence-corrected chi connectivity index (χ3v) is 6.09. The average Bonchev–Trinajstić information content (AvgIpc) is 2.67. The molecule has 1 aliphatic carbocycles. The van der Waals surface area contributed by atoms with Crippen LogP contribution in [-0.2, 0) is 9.59 Å². The van der Waals surface area contributed by atoms with Gasteiger partial charge in [-0.15, -0.1) is 0 Å². The summed E-state index contributed by atoms with van der Waals surface area (Å²) in [7, 11) is 1.59. The molecule has 1 aliphatic heterocycles. The smallest absolute Gasteiger partial charge is 0.227 e. The Labute approximate surface area is 161 Å². The minimum atomic E-state index is -0.409. The van der Waals surface area contributed by atoms with Gasteiger partial charge in [-0.05, 0) is 44.7 Å². The molecule has 3 N–H and O–H groups in total. The Kier molecular flexibility index (Phi) is 6.05. The molecule has 27 heavy (non-hydrogen) atoms. The molecule has 2 atom stereocenters. The molecular formula is C21H31N3O3. The van der Waals surface area contributed by atoms with Gasteiger partial charge >= 0.3 is 0 Å².